The second kappa shape index (κ2) is 7.14. The fourth-order valence-corrected chi connectivity index (χ4v) is 1.75. The molecule has 0 heterocycles. The van der Waals surface area contributed by atoms with Crippen molar-refractivity contribution in [2.75, 3.05) is 6.54 Å². The number of aliphatic carboxylic acids is 1. The molecule has 1 saturated carbocycles. The van der Waals surface area contributed by atoms with E-state index in [1.165, 1.54) is 12.8 Å². The Morgan fingerprint density at radius 1 is 1.29 bits per heavy atom. The lowest BCUT2D eigenvalue weighted by atomic mass is 10.2. The standard InChI is InChI=1S/C12H22N2O3/c1-9(10-6-7-10)14-12(17)13-8-4-2-3-5-11(15)16/h9-10H,2-8H2,1H3,(H,15,16)(H2,13,14,17). The molecule has 0 saturated heterocycles. The number of carbonyl (C=O) groups excluding carboxylic acids is 1. The van der Waals surface area contributed by atoms with Crippen molar-refractivity contribution in [1.82, 2.24) is 10.6 Å². The molecule has 0 aromatic heterocycles. The summed E-state index contributed by atoms with van der Waals surface area (Å²) in [5.74, 6) is -0.0923. The van der Waals surface area contributed by atoms with E-state index in [0.717, 1.165) is 12.8 Å². The highest BCUT2D eigenvalue weighted by molar-refractivity contribution is 5.74. The summed E-state index contributed by atoms with van der Waals surface area (Å²) < 4.78 is 0. The molecule has 5 heteroatoms. The predicted molar refractivity (Wildman–Crippen MR) is 64.8 cm³/mol. The topological polar surface area (TPSA) is 78.4 Å². The summed E-state index contributed by atoms with van der Waals surface area (Å²) in [6, 6.07) is 0.157. The summed E-state index contributed by atoms with van der Waals surface area (Å²) in [4.78, 5) is 21.7. The third-order valence-electron chi connectivity index (χ3n) is 3.04. The van der Waals surface area contributed by atoms with E-state index >= 15 is 0 Å². The summed E-state index contributed by atoms with van der Waals surface area (Å²) in [7, 11) is 0. The highest BCUT2D eigenvalue weighted by Gasteiger charge is 2.28. The van der Waals surface area contributed by atoms with Crippen LogP contribution < -0.4 is 10.6 Å². The minimum atomic E-state index is -0.756. The van der Waals surface area contributed by atoms with Crippen LogP contribution in [-0.2, 0) is 4.79 Å². The molecule has 0 aliphatic heterocycles. The van der Waals surface area contributed by atoms with E-state index in [2.05, 4.69) is 10.6 Å². The molecule has 2 amide bonds. The Morgan fingerprint density at radius 3 is 2.59 bits per heavy atom. The molecule has 1 aliphatic rings. The molecular formula is C12H22N2O3. The zero-order valence-corrected chi connectivity index (χ0v) is 10.4. The SMILES string of the molecule is CC(NC(=O)NCCCCCC(=O)O)C1CC1. The van der Waals surface area contributed by atoms with Gasteiger partial charge in [-0.1, -0.05) is 6.42 Å². The third-order valence-corrected chi connectivity index (χ3v) is 3.04. The van der Waals surface area contributed by atoms with Crippen LogP contribution in [0.3, 0.4) is 0 Å². The molecule has 1 unspecified atom stereocenters. The van der Waals surface area contributed by atoms with E-state index in [4.69, 9.17) is 5.11 Å². The first-order chi connectivity index (χ1) is 8.09. The van der Waals surface area contributed by atoms with Gasteiger partial charge in [0.25, 0.3) is 0 Å². The number of hydrogen-bond donors (Lipinski definition) is 3. The molecule has 0 bridgehead atoms. The van der Waals surface area contributed by atoms with Crippen LogP contribution in [0.2, 0.25) is 0 Å². The van der Waals surface area contributed by atoms with Crippen molar-refractivity contribution in [2.45, 2.75) is 51.5 Å². The lowest BCUT2D eigenvalue weighted by molar-refractivity contribution is -0.137. The van der Waals surface area contributed by atoms with Gasteiger partial charge in [-0.3, -0.25) is 4.79 Å². The van der Waals surface area contributed by atoms with Crippen LogP contribution in [0.25, 0.3) is 0 Å². The van der Waals surface area contributed by atoms with Gasteiger partial charge < -0.3 is 15.7 Å². The summed E-state index contributed by atoms with van der Waals surface area (Å²) in [6.45, 7) is 2.65. The lowest BCUT2D eigenvalue weighted by Crippen LogP contribution is -2.42. The Kier molecular flexibility index (Phi) is 5.80. The normalized spacial score (nSPS) is 16.3. The first-order valence-corrected chi connectivity index (χ1v) is 6.35. The summed E-state index contributed by atoms with van der Waals surface area (Å²) in [6.07, 6.45) is 5.00. The van der Waals surface area contributed by atoms with E-state index in [0.29, 0.717) is 18.9 Å². The minimum absolute atomic E-state index is 0.109. The van der Waals surface area contributed by atoms with Gasteiger partial charge in [0.05, 0.1) is 0 Å². The molecule has 0 radical (unpaired) electrons. The highest BCUT2D eigenvalue weighted by atomic mass is 16.4. The van der Waals surface area contributed by atoms with Crippen LogP contribution in [0.5, 0.6) is 0 Å². The number of amides is 2. The third kappa shape index (κ3) is 6.81. The first-order valence-electron chi connectivity index (χ1n) is 6.35. The number of unbranched alkanes of at least 4 members (excludes halogenated alkanes) is 2. The predicted octanol–water partition coefficient (Wildman–Crippen LogP) is 1.73. The lowest BCUT2D eigenvalue weighted by Gasteiger charge is -2.13. The Bertz CT molecular complexity index is 264. The smallest absolute Gasteiger partial charge is 0.315 e. The molecule has 1 fully saturated rings. The Balaban J connectivity index is 1.91. The summed E-state index contributed by atoms with van der Waals surface area (Å²) >= 11 is 0. The quantitative estimate of drug-likeness (QED) is 0.567. The van der Waals surface area contributed by atoms with Gasteiger partial charge >= 0.3 is 12.0 Å². The molecular weight excluding hydrogens is 220 g/mol. The van der Waals surface area contributed by atoms with Crippen molar-refractivity contribution in [3.8, 4) is 0 Å². The second-order valence-corrected chi connectivity index (χ2v) is 4.73. The average molecular weight is 242 g/mol. The van der Waals surface area contributed by atoms with Crippen molar-refractivity contribution < 1.29 is 14.7 Å². The van der Waals surface area contributed by atoms with Crippen LogP contribution in [0.4, 0.5) is 4.79 Å². The summed E-state index contributed by atoms with van der Waals surface area (Å²) in [5, 5.41) is 14.1. The zero-order valence-electron chi connectivity index (χ0n) is 10.4. The van der Waals surface area contributed by atoms with E-state index in [1.54, 1.807) is 0 Å². The van der Waals surface area contributed by atoms with Crippen molar-refractivity contribution in [3.63, 3.8) is 0 Å². The van der Waals surface area contributed by atoms with Gasteiger partial charge in [0.2, 0.25) is 0 Å². The van der Waals surface area contributed by atoms with Gasteiger partial charge in [-0.05, 0) is 38.5 Å². The van der Waals surface area contributed by atoms with E-state index in [-0.39, 0.29) is 18.5 Å². The van der Waals surface area contributed by atoms with E-state index in [1.807, 2.05) is 6.92 Å². The van der Waals surface area contributed by atoms with Crippen molar-refractivity contribution >= 4 is 12.0 Å². The number of nitrogens with one attached hydrogen (secondary N) is 2. The highest BCUT2D eigenvalue weighted by Crippen LogP contribution is 2.32. The van der Waals surface area contributed by atoms with Gasteiger partial charge in [-0.25, -0.2) is 4.79 Å². The summed E-state index contributed by atoms with van der Waals surface area (Å²) in [5.41, 5.74) is 0. The number of carboxylic acids is 1. The Hall–Kier alpha value is -1.26. The molecule has 98 valence electrons. The maximum absolute atomic E-state index is 11.4. The minimum Gasteiger partial charge on any atom is -0.481 e. The number of hydrogen-bond acceptors (Lipinski definition) is 2. The van der Waals surface area contributed by atoms with Crippen LogP contribution in [0.15, 0.2) is 0 Å². The van der Waals surface area contributed by atoms with Crippen molar-refractivity contribution in [2.24, 2.45) is 5.92 Å². The number of urea groups is 1. The number of carboxylic acid groups (broad SMARTS) is 1. The largest absolute Gasteiger partial charge is 0.481 e. The van der Waals surface area contributed by atoms with Gasteiger partial charge in [0.1, 0.15) is 0 Å². The molecule has 3 N–H and O–H groups in total. The van der Waals surface area contributed by atoms with Crippen LogP contribution in [-0.4, -0.2) is 29.7 Å². The molecule has 1 rings (SSSR count). The molecule has 1 aliphatic carbocycles. The number of rotatable bonds is 8. The monoisotopic (exact) mass is 242 g/mol. The molecule has 0 aromatic carbocycles. The number of carbonyl (C=O) groups is 2. The van der Waals surface area contributed by atoms with Crippen LogP contribution in [0, 0.1) is 5.92 Å². The van der Waals surface area contributed by atoms with Gasteiger partial charge in [0.15, 0.2) is 0 Å². The molecule has 0 spiro atoms. The maximum Gasteiger partial charge on any atom is 0.315 e. The van der Waals surface area contributed by atoms with Gasteiger partial charge in [-0.15, -0.1) is 0 Å². The fraction of sp³-hybridized carbons (Fsp3) is 0.833. The Labute approximate surface area is 102 Å². The molecule has 1 atom stereocenters. The average Bonchev–Trinajstić information content (AvgIpc) is 3.06. The first kappa shape index (κ1) is 13.8. The van der Waals surface area contributed by atoms with E-state index in [9.17, 15) is 9.59 Å². The van der Waals surface area contributed by atoms with Gasteiger partial charge in [-0.2, -0.15) is 0 Å². The fourth-order valence-electron chi connectivity index (χ4n) is 1.75. The second-order valence-electron chi connectivity index (χ2n) is 4.73. The zero-order chi connectivity index (χ0) is 12.7. The molecule has 5 nitrogen and oxygen atoms in total. The van der Waals surface area contributed by atoms with Crippen molar-refractivity contribution in [3.05, 3.63) is 0 Å². The maximum atomic E-state index is 11.4. The van der Waals surface area contributed by atoms with Gasteiger partial charge in [0, 0.05) is 19.0 Å². The van der Waals surface area contributed by atoms with Crippen LogP contribution in [0.1, 0.15) is 45.4 Å². The van der Waals surface area contributed by atoms with Crippen LogP contribution >= 0.6 is 0 Å². The molecule has 17 heavy (non-hydrogen) atoms. The molecule has 0 aromatic rings. The van der Waals surface area contributed by atoms with Crippen molar-refractivity contribution in [1.29, 1.82) is 0 Å². The Morgan fingerprint density at radius 2 is 2.00 bits per heavy atom. The van der Waals surface area contributed by atoms with E-state index < -0.39 is 5.97 Å².